The molecule has 0 nitrogen and oxygen atoms in total. The molecule has 10 rings (SSSR count). The van der Waals surface area contributed by atoms with Crippen LogP contribution in [0.4, 0.5) is 0 Å². The van der Waals surface area contributed by atoms with E-state index in [9.17, 15) is 0 Å². The quantitative estimate of drug-likeness (QED) is 0.680. The predicted molar refractivity (Wildman–Crippen MR) is 68.3 cm³/mol. The Bertz CT molecular complexity index is 858. The second-order valence-electron chi connectivity index (χ2n) is 12.6. The molecule has 10 heterocycles. The van der Waals surface area contributed by atoms with Crippen molar-refractivity contribution in [3.05, 3.63) is 0 Å². The van der Waals surface area contributed by atoms with Gasteiger partial charge in [0.2, 0.25) is 0 Å². The van der Waals surface area contributed by atoms with E-state index >= 15 is 0 Å². The summed E-state index contributed by atoms with van der Waals surface area (Å²) in [4.78, 5) is 14.4. The molecular formula is C13H20FeSi2. The van der Waals surface area contributed by atoms with Gasteiger partial charge in [-0.1, -0.05) is 0 Å². The molecule has 0 saturated carbocycles. The van der Waals surface area contributed by atoms with Crippen LogP contribution in [0.25, 0.3) is 0 Å². The van der Waals surface area contributed by atoms with Crippen LogP contribution in [0.2, 0.25) is 66.9 Å². The van der Waals surface area contributed by atoms with E-state index in [4.69, 9.17) is 0 Å². The van der Waals surface area contributed by atoms with Crippen LogP contribution >= 0.6 is 0 Å². The molecule has 0 bridgehead atoms. The van der Waals surface area contributed by atoms with Crippen LogP contribution in [0.15, 0.2) is 0 Å². The zero-order valence-electron chi connectivity index (χ0n) is 10.3. The van der Waals surface area contributed by atoms with Crippen LogP contribution in [0.1, 0.15) is 0 Å². The fourth-order valence-corrected chi connectivity index (χ4v) is 131. The van der Waals surface area contributed by atoms with Gasteiger partial charge in [-0.15, -0.1) is 0 Å². The summed E-state index contributed by atoms with van der Waals surface area (Å²) in [5.74, 6) is 0. The Morgan fingerprint density at radius 1 is 0.812 bits per heavy atom. The van der Waals surface area contributed by atoms with E-state index < -0.39 is 14.1 Å². The Labute approximate surface area is 89.8 Å². The van der Waals surface area contributed by atoms with Gasteiger partial charge in [-0.25, -0.2) is 0 Å². The van der Waals surface area contributed by atoms with Gasteiger partial charge in [0.1, 0.15) is 0 Å². The third kappa shape index (κ3) is 0.0602. The van der Waals surface area contributed by atoms with E-state index in [1.54, 1.807) is 43.3 Å². The Morgan fingerprint density at radius 3 is 1.44 bits per heavy atom. The van der Waals surface area contributed by atoms with Gasteiger partial charge in [-0.3, -0.25) is 0 Å². The van der Waals surface area contributed by atoms with Gasteiger partial charge in [0, 0.05) is 0 Å². The van der Waals surface area contributed by atoms with Gasteiger partial charge in [-0.05, 0) is 0 Å². The minimum atomic E-state index is -2.56. The second kappa shape index (κ2) is 0.483. The SMILES string of the molecule is C[Si](C)(C)[SiH2][C]12[CH]3[CH]4[CH]5[CH]1[Fe]45321678[CH]2[CH]1[CH]6[CH]7[CH]28. The fraction of sp³-hybridized carbons (Fsp3) is 1.00. The van der Waals surface area contributed by atoms with Crippen LogP contribution < -0.4 is 0 Å². The fourth-order valence-electron chi connectivity index (χ4n) is 17.9. The molecular weight excluding hydrogens is 268 g/mol. The van der Waals surface area contributed by atoms with Crippen molar-refractivity contribution in [3.8, 4) is 0 Å². The monoisotopic (exact) mass is 288 g/mol. The van der Waals surface area contributed by atoms with E-state index in [1.807, 2.05) is 0 Å². The maximum atomic E-state index is 2.74. The van der Waals surface area contributed by atoms with E-state index in [-0.39, 0.29) is 0 Å². The number of fused-ring (bicyclic) bond motifs is 10. The standard InChI is InChI=1S/C8H15Si2.C5H5.Fe/c1-10(2,3)9-8-6-4-5-7-8;1-2-4-5-3-1;/h4-7H,9H2,1-3H3;1-5H;. The minimum absolute atomic E-state index is 0.394. The Hall–Kier alpha value is 0.953. The van der Waals surface area contributed by atoms with Gasteiger partial charge in [-0.2, -0.15) is 0 Å². The molecule has 10 aliphatic heterocycles. The average molecular weight is 288 g/mol. The van der Waals surface area contributed by atoms with Crippen LogP contribution in [-0.4, -0.2) is 16.6 Å². The van der Waals surface area contributed by atoms with E-state index in [0.29, 0.717) is 9.04 Å². The number of hydrogen-bond acceptors (Lipinski definition) is 0. The molecule has 10 saturated heterocycles. The summed E-state index contributed by atoms with van der Waals surface area (Å²) < 4.78 is 1.38. The molecule has 1 spiro atoms. The summed E-state index contributed by atoms with van der Waals surface area (Å²) in [7, 11) is -0.249. The number of rotatable bonds is 2. The molecule has 4 atom stereocenters. The predicted octanol–water partition coefficient (Wildman–Crippen LogP) is 3.71. The van der Waals surface area contributed by atoms with Crippen LogP contribution in [0.5, 0.6) is 0 Å². The van der Waals surface area contributed by atoms with Gasteiger partial charge in [0.15, 0.2) is 0 Å². The Balaban J connectivity index is 1.61. The molecule has 0 radical (unpaired) electrons. The van der Waals surface area contributed by atoms with E-state index in [2.05, 4.69) is 19.6 Å². The normalized spacial score (nSPS) is 128. The third-order valence-electron chi connectivity index (χ3n) is 15.8. The molecule has 10 fully saturated rings. The first-order valence-corrected chi connectivity index (χ1v) is 20.3. The molecule has 0 aliphatic carbocycles. The summed E-state index contributed by atoms with van der Waals surface area (Å²) in [5, 5.41) is 0. The number of hydrogen-bond donors (Lipinski definition) is 0. The Kier molecular flexibility index (Phi) is 0.193. The van der Waals surface area contributed by atoms with Crippen molar-refractivity contribution in [2.24, 2.45) is 0 Å². The van der Waals surface area contributed by atoms with Crippen molar-refractivity contribution < 1.29 is 6.51 Å². The van der Waals surface area contributed by atoms with Crippen molar-refractivity contribution in [2.45, 2.75) is 66.9 Å². The molecule has 0 aromatic carbocycles. The first kappa shape index (κ1) is 6.41. The molecule has 88 valence electrons. The summed E-state index contributed by atoms with van der Waals surface area (Å²) in [6.07, 6.45) is 0. The van der Waals surface area contributed by atoms with Crippen LogP contribution in [0, 0.1) is 0 Å². The van der Waals surface area contributed by atoms with Gasteiger partial charge >= 0.3 is 90.1 Å². The van der Waals surface area contributed by atoms with Gasteiger partial charge < -0.3 is 0 Å². The van der Waals surface area contributed by atoms with E-state index in [1.165, 1.54) is 3.94 Å². The van der Waals surface area contributed by atoms with Gasteiger partial charge in [0.25, 0.3) is 0 Å². The molecule has 0 aromatic heterocycles. The summed E-state index contributed by atoms with van der Waals surface area (Å²) in [6, 6.07) is 0. The first-order valence-electron chi connectivity index (χ1n) is 7.47. The Morgan fingerprint density at radius 2 is 1.25 bits per heavy atom. The van der Waals surface area contributed by atoms with Crippen molar-refractivity contribution >= 4 is 16.6 Å². The third-order valence-corrected chi connectivity index (χ3v) is 73.7. The van der Waals surface area contributed by atoms with Crippen LogP contribution in [0.3, 0.4) is 0 Å². The first-order chi connectivity index (χ1) is 7.25. The zero-order valence-corrected chi connectivity index (χ0v) is 13.8. The second-order valence-corrected chi connectivity index (χ2v) is 51.0. The maximum absolute atomic E-state index is 2.74. The molecule has 0 N–H and O–H groups in total. The summed E-state index contributed by atoms with van der Waals surface area (Å²) >= 11 is 0. The van der Waals surface area contributed by atoms with E-state index in [0.717, 1.165) is 0 Å². The van der Waals surface area contributed by atoms with Crippen molar-refractivity contribution in [1.29, 1.82) is 0 Å². The van der Waals surface area contributed by atoms with Crippen molar-refractivity contribution in [2.75, 3.05) is 0 Å². The van der Waals surface area contributed by atoms with Crippen molar-refractivity contribution in [1.82, 2.24) is 0 Å². The molecule has 10 aliphatic rings. The van der Waals surface area contributed by atoms with Gasteiger partial charge in [0.05, 0.1) is 0 Å². The average Bonchev–Trinajstić information content (AvgIpc) is 3.10. The summed E-state index contributed by atoms with van der Waals surface area (Å²) in [6.45, 7) is 5.66. The zero-order chi connectivity index (χ0) is 10.2. The van der Waals surface area contributed by atoms with Crippen molar-refractivity contribution in [3.63, 3.8) is 0 Å². The molecule has 16 heavy (non-hydrogen) atoms. The topological polar surface area (TPSA) is 0 Å². The molecule has 0 aromatic rings. The van der Waals surface area contributed by atoms with Crippen LogP contribution in [-0.2, 0) is 6.51 Å². The summed E-state index contributed by atoms with van der Waals surface area (Å²) in [5.41, 5.74) is 0. The molecule has 3 heteroatoms. The molecule has 0 amide bonds. The molecule has 4 unspecified atom stereocenters.